The number of anilines is 3. The van der Waals surface area contributed by atoms with Crippen LogP contribution in [0.4, 0.5) is 17.1 Å². The molecule has 12 aromatic carbocycles. The largest absolute Gasteiger partial charge is 0.456 e. The van der Waals surface area contributed by atoms with Gasteiger partial charge in [0.2, 0.25) is 0 Å². The number of benzene rings is 12. The van der Waals surface area contributed by atoms with Crippen molar-refractivity contribution in [3.63, 3.8) is 0 Å². The van der Waals surface area contributed by atoms with Gasteiger partial charge in [0.05, 0.1) is 16.7 Å². The van der Waals surface area contributed by atoms with Crippen LogP contribution in [-0.2, 0) is 6.42 Å². The molecule has 14 aromatic rings. The van der Waals surface area contributed by atoms with Gasteiger partial charge >= 0.3 is 0 Å². The van der Waals surface area contributed by atoms with E-state index in [1.165, 1.54) is 121 Å². The van der Waals surface area contributed by atoms with Crippen molar-refractivity contribution in [2.45, 2.75) is 6.42 Å². The smallest absolute Gasteiger partial charge is 0.136 e. The summed E-state index contributed by atoms with van der Waals surface area (Å²) >= 11 is 0. The topological polar surface area (TPSA) is 21.3 Å². The number of hydrogen-bond acceptors (Lipinski definition) is 2. The highest BCUT2D eigenvalue weighted by atomic mass is 16.3. The molecule has 0 atom stereocenters. The molecule has 0 unspecified atom stereocenters. The van der Waals surface area contributed by atoms with E-state index in [9.17, 15) is 0 Å². The van der Waals surface area contributed by atoms with E-state index in [4.69, 9.17) is 4.42 Å². The Labute approximate surface area is 379 Å². The van der Waals surface area contributed by atoms with Crippen molar-refractivity contribution in [3.8, 4) is 27.9 Å². The summed E-state index contributed by atoms with van der Waals surface area (Å²) in [5.41, 5.74) is 16.5. The molecular formula is C63H38N2O. The Morgan fingerprint density at radius 3 is 1.94 bits per heavy atom. The standard InChI is InChI=1S/C63H38N2O/c1-3-15-47-38(11-1)13-9-18-48(47)39-25-29-46(30-26-39)64-54-20-6-2-12-43(54)34-45-33-41(27-31-55(45)64)42-28-32-57-52(35-42)49-16-4-7-21-56(49)65(57)58-37-53-62-44(24-23-40-14-10-19-50(58)61(40)62)36-60-63(53)51-17-5-8-22-59(51)66-60/h1-33,35-37H,34H2. The summed E-state index contributed by atoms with van der Waals surface area (Å²) in [5.74, 6) is 0. The second-order valence-electron chi connectivity index (χ2n) is 18.0. The van der Waals surface area contributed by atoms with Gasteiger partial charge in [-0.1, -0.05) is 152 Å². The number of para-hydroxylation sites is 3. The van der Waals surface area contributed by atoms with Crippen LogP contribution in [0.5, 0.6) is 0 Å². The lowest BCUT2D eigenvalue weighted by molar-refractivity contribution is 0.669. The third-order valence-corrected chi connectivity index (χ3v) is 14.5. The molecule has 0 N–H and O–H groups in total. The van der Waals surface area contributed by atoms with Crippen molar-refractivity contribution in [2.75, 3.05) is 4.90 Å². The van der Waals surface area contributed by atoms with Crippen LogP contribution in [-0.4, -0.2) is 4.57 Å². The molecule has 66 heavy (non-hydrogen) atoms. The highest BCUT2D eigenvalue weighted by Gasteiger charge is 2.26. The maximum atomic E-state index is 6.53. The molecule has 15 rings (SSSR count). The highest BCUT2D eigenvalue weighted by molar-refractivity contribution is 6.33. The number of nitrogens with zero attached hydrogens (tertiary/aromatic N) is 2. The first kappa shape index (κ1) is 35.8. The van der Waals surface area contributed by atoms with Crippen molar-refractivity contribution in [1.29, 1.82) is 0 Å². The van der Waals surface area contributed by atoms with E-state index < -0.39 is 0 Å². The van der Waals surface area contributed by atoms with Gasteiger partial charge in [-0.3, -0.25) is 0 Å². The molecule has 3 heterocycles. The molecule has 0 bridgehead atoms. The van der Waals surface area contributed by atoms with E-state index in [1.54, 1.807) is 0 Å². The van der Waals surface area contributed by atoms with Crippen LogP contribution in [0.3, 0.4) is 0 Å². The second kappa shape index (κ2) is 13.4. The second-order valence-corrected chi connectivity index (χ2v) is 18.0. The fraction of sp³-hybridized carbons (Fsp3) is 0.0159. The minimum absolute atomic E-state index is 0.874. The van der Waals surface area contributed by atoms with Gasteiger partial charge in [0.1, 0.15) is 11.2 Å². The summed E-state index contributed by atoms with van der Waals surface area (Å²) in [6.45, 7) is 0. The first-order chi connectivity index (χ1) is 32.7. The molecule has 0 spiro atoms. The zero-order chi connectivity index (χ0) is 43.0. The predicted molar refractivity (Wildman–Crippen MR) is 278 cm³/mol. The summed E-state index contributed by atoms with van der Waals surface area (Å²) in [7, 11) is 0. The Morgan fingerprint density at radius 2 is 1.00 bits per heavy atom. The predicted octanol–water partition coefficient (Wildman–Crippen LogP) is 17.4. The van der Waals surface area contributed by atoms with Crippen LogP contribution in [0.2, 0.25) is 0 Å². The van der Waals surface area contributed by atoms with Crippen LogP contribution in [0.1, 0.15) is 11.1 Å². The first-order valence-corrected chi connectivity index (χ1v) is 22.9. The third-order valence-electron chi connectivity index (χ3n) is 14.5. The number of furan rings is 1. The first-order valence-electron chi connectivity index (χ1n) is 22.9. The number of hydrogen-bond donors (Lipinski definition) is 0. The van der Waals surface area contributed by atoms with E-state index >= 15 is 0 Å². The fourth-order valence-electron chi connectivity index (χ4n) is 11.6. The lowest BCUT2D eigenvalue weighted by atomic mass is 9.91. The Bertz CT molecular complexity index is 4320. The van der Waals surface area contributed by atoms with E-state index in [0.29, 0.717) is 0 Å². The van der Waals surface area contributed by atoms with Crippen molar-refractivity contribution < 1.29 is 4.42 Å². The Morgan fingerprint density at radius 1 is 0.333 bits per heavy atom. The zero-order valence-corrected chi connectivity index (χ0v) is 35.8. The SMILES string of the molecule is c1ccc2c(c1)Cc1cc(-c3ccc4c(c3)c3ccccc3n4-c3cc4c5c(cc6ccc7cccc3c7c64)oc3ccccc35)ccc1N2c1ccc(-c2cccc3ccccc23)cc1. The Kier molecular flexibility index (Phi) is 7.28. The molecule has 1 aliphatic heterocycles. The number of rotatable bonds is 4. The minimum Gasteiger partial charge on any atom is -0.456 e. The average molecular weight is 839 g/mol. The Hall–Kier alpha value is -8.66. The molecule has 0 fully saturated rings. The van der Waals surface area contributed by atoms with E-state index in [1.807, 2.05) is 0 Å². The van der Waals surface area contributed by atoms with Gasteiger partial charge in [0.15, 0.2) is 0 Å². The molecule has 0 aliphatic carbocycles. The fourth-order valence-corrected chi connectivity index (χ4v) is 11.6. The average Bonchev–Trinajstić information content (AvgIpc) is 3.92. The summed E-state index contributed by atoms with van der Waals surface area (Å²) in [5, 5.41) is 14.8. The van der Waals surface area contributed by atoms with Crippen molar-refractivity contribution in [1.82, 2.24) is 4.57 Å². The molecule has 2 aromatic heterocycles. The molecule has 3 heteroatoms. The lowest BCUT2D eigenvalue weighted by Crippen LogP contribution is -2.18. The van der Waals surface area contributed by atoms with Gasteiger partial charge in [-0.15, -0.1) is 0 Å². The van der Waals surface area contributed by atoms with Crippen LogP contribution < -0.4 is 4.90 Å². The summed E-state index contributed by atoms with van der Waals surface area (Å²) in [4.78, 5) is 2.44. The monoisotopic (exact) mass is 838 g/mol. The molecule has 1 aliphatic rings. The molecule has 0 saturated heterocycles. The van der Waals surface area contributed by atoms with E-state index in [0.717, 1.165) is 28.7 Å². The Balaban J connectivity index is 0.883. The maximum absolute atomic E-state index is 6.53. The van der Waals surface area contributed by atoms with Crippen LogP contribution in [0.25, 0.3) is 115 Å². The quantitative estimate of drug-likeness (QED) is 0.165. The highest BCUT2D eigenvalue weighted by Crippen LogP contribution is 2.48. The lowest BCUT2D eigenvalue weighted by Gasteiger charge is -2.34. The number of aromatic nitrogens is 1. The number of fused-ring (bicyclic) bond motifs is 10. The molecule has 306 valence electrons. The normalized spacial score (nSPS) is 12.8. The summed E-state index contributed by atoms with van der Waals surface area (Å²) < 4.78 is 9.03. The van der Waals surface area contributed by atoms with Gasteiger partial charge in [0, 0.05) is 50.4 Å². The van der Waals surface area contributed by atoms with Crippen molar-refractivity contribution in [3.05, 3.63) is 230 Å². The zero-order valence-electron chi connectivity index (χ0n) is 35.8. The van der Waals surface area contributed by atoms with Gasteiger partial charge < -0.3 is 13.9 Å². The van der Waals surface area contributed by atoms with Gasteiger partial charge in [-0.2, -0.15) is 0 Å². The molecule has 0 radical (unpaired) electrons. The minimum atomic E-state index is 0.874. The van der Waals surface area contributed by atoms with Crippen molar-refractivity contribution >= 4 is 104 Å². The van der Waals surface area contributed by atoms with Gasteiger partial charge in [-0.05, 0) is 138 Å². The van der Waals surface area contributed by atoms with Gasteiger partial charge in [-0.25, -0.2) is 0 Å². The van der Waals surface area contributed by atoms with Crippen molar-refractivity contribution in [2.24, 2.45) is 0 Å². The molecular weight excluding hydrogens is 801 g/mol. The summed E-state index contributed by atoms with van der Waals surface area (Å²) in [6.07, 6.45) is 0.874. The van der Waals surface area contributed by atoms with Gasteiger partial charge in [0.25, 0.3) is 0 Å². The molecule has 0 saturated carbocycles. The maximum Gasteiger partial charge on any atom is 0.136 e. The third kappa shape index (κ3) is 5.02. The van der Waals surface area contributed by atoms with E-state index in [2.05, 4.69) is 228 Å². The van der Waals surface area contributed by atoms with Crippen LogP contribution in [0.15, 0.2) is 223 Å². The van der Waals surface area contributed by atoms with Crippen LogP contribution >= 0.6 is 0 Å². The molecule has 3 nitrogen and oxygen atoms in total. The van der Waals surface area contributed by atoms with E-state index in [-0.39, 0.29) is 0 Å². The van der Waals surface area contributed by atoms with Crippen LogP contribution in [0, 0.1) is 0 Å². The summed E-state index contributed by atoms with van der Waals surface area (Å²) in [6, 6.07) is 80.6. The molecule has 0 amide bonds.